The summed E-state index contributed by atoms with van der Waals surface area (Å²) in [4.78, 5) is 41.8. The first-order chi connectivity index (χ1) is 30.3. The Morgan fingerprint density at radius 1 is 0.905 bits per heavy atom. The van der Waals surface area contributed by atoms with Crippen molar-refractivity contribution in [3.63, 3.8) is 0 Å². The third kappa shape index (κ3) is 11.8. The molecule has 328 valence electrons. The van der Waals surface area contributed by atoms with E-state index in [1.165, 1.54) is 34.5 Å². The number of thioether (sulfide) groups is 1. The summed E-state index contributed by atoms with van der Waals surface area (Å²) in [6.07, 6.45) is 1.87. The number of piperazine rings is 1. The zero-order valence-electron chi connectivity index (χ0n) is 35.4. The lowest BCUT2D eigenvalue weighted by molar-refractivity contribution is -0.384. The number of nitrogens with zero attached hydrogens (tertiary/aromatic N) is 7. The molecule has 6 aromatic rings. The molecule has 0 radical (unpaired) electrons. The Hall–Kier alpha value is -5.78. The minimum atomic E-state index is -4.32. The summed E-state index contributed by atoms with van der Waals surface area (Å²) in [7, 11) is 0.944. The van der Waals surface area contributed by atoms with Gasteiger partial charge in [-0.1, -0.05) is 66.2 Å². The Morgan fingerprint density at radius 3 is 2.37 bits per heavy atom. The maximum Gasteiger partial charge on any atom is 0.293 e. The minimum Gasteiger partial charge on any atom is -0.376 e. The number of carbonyl (C=O) groups excluding carboxylic acids is 1. The number of sulfonamides is 1. The Morgan fingerprint density at radius 2 is 1.63 bits per heavy atom. The van der Waals surface area contributed by atoms with E-state index in [4.69, 9.17) is 11.6 Å². The molecule has 0 saturated carbocycles. The molecule has 0 bridgehead atoms. The van der Waals surface area contributed by atoms with Crippen LogP contribution in [0, 0.1) is 10.1 Å². The minimum absolute atomic E-state index is 0.0314. The zero-order valence-corrected chi connectivity index (χ0v) is 37.7. The lowest BCUT2D eigenvalue weighted by atomic mass is 9.99. The number of hydrogen-bond acceptors (Lipinski definition) is 12. The Bertz CT molecular complexity index is 2650. The van der Waals surface area contributed by atoms with Gasteiger partial charge in [0.15, 0.2) is 5.82 Å². The van der Waals surface area contributed by atoms with Crippen LogP contribution in [0.5, 0.6) is 0 Å². The molecule has 0 aliphatic carbocycles. The highest BCUT2D eigenvalue weighted by Crippen LogP contribution is 2.33. The Kier molecular flexibility index (Phi) is 14.8. The fourth-order valence-corrected chi connectivity index (χ4v) is 9.56. The number of nitro groups is 1. The molecular formula is C46H50ClN9O5S2. The highest BCUT2D eigenvalue weighted by Gasteiger charge is 2.26. The molecule has 1 fully saturated rings. The zero-order chi connectivity index (χ0) is 44.5. The predicted molar refractivity (Wildman–Crippen MR) is 253 cm³/mol. The molecule has 1 atom stereocenters. The van der Waals surface area contributed by atoms with E-state index in [0.717, 1.165) is 54.9 Å². The normalized spacial score (nSPS) is 13.8. The van der Waals surface area contributed by atoms with Crippen molar-refractivity contribution in [2.45, 2.75) is 28.8 Å². The van der Waals surface area contributed by atoms with E-state index in [0.29, 0.717) is 34.6 Å². The first-order valence-corrected chi connectivity index (χ1v) is 23.4. The Balaban J connectivity index is 1.02. The van der Waals surface area contributed by atoms with Gasteiger partial charge in [-0.15, -0.1) is 11.8 Å². The molecule has 1 amide bonds. The summed E-state index contributed by atoms with van der Waals surface area (Å²) < 4.78 is 30.2. The molecule has 14 nitrogen and oxygen atoms in total. The standard InChI is InChI=1S/C46H50ClN9O5S2/c1-52(2)45(57)30-53(3)22-21-36(31-62-38-10-5-4-6-11-38)50-42-20-18-39(28-44(42)56(58)59)63(60,61)51-46-41-19-17-37(27-43(41)48-32-49-46)55-25-23-54(24-26-55)29-34-9-7-8-12-40(34)33-13-15-35(47)16-14-33/h4-20,27-28,32,36,50H,21-26,29-31H2,1-3H3,(H,48,49,51). The summed E-state index contributed by atoms with van der Waals surface area (Å²) in [6, 6.07) is 35.4. The molecule has 1 aliphatic heterocycles. The van der Waals surface area contributed by atoms with Crippen molar-refractivity contribution in [2.24, 2.45) is 0 Å². The van der Waals surface area contributed by atoms with E-state index in [1.54, 1.807) is 31.9 Å². The van der Waals surface area contributed by atoms with Crippen molar-refractivity contribution < 1.29 is 18.1 Å². The maximum absolute atomic E-state index is 13.8. The van der Waals surface area contributed by atoms with Crippen LogP contribution in [-0.4, -0.2) is 116 Å². The van der Waals surface area contributed by atoms with E-state index in [1.807, 2.05) is 78.7 Å². The van der Waals surface area contributed by atoms with E-state index < -0.39 is 14.9 Å². The number of halogens is 1. The monoisotopic (exact) mass is 907 g/mol. The van der Waals surface area contributed by atoms with E-state index >= 15 is 0 Å². The number of benzene rings is 5. The molecule has 5 aromatic carbocycles. The summed E-state index contributed by atoms with van der Waals surface area (Å²) in [6.45, 7) is 4.89. The smallest absolute Gasteiger partial charge is 0.293 e. The third-order valence-corrected chi connectivity index (χ3v) is 13.7. The van der Waals surface area contributed by atoms with Gasteiger partial charge in [0, 0.05) is 92.2 Å². The van der Waals surface area contributed by atoms with E-state index in [2.05, 4.69) is 54.1 Å². The average molecular weight is 909 g/mol. The largest absolute Gasteiger partial charge is 0.376 e. The van der Waals surface area contributed by atoms with Crippen molar-refractivity contribution in [2.75, 3.05) is 81.1 Å². The first kappa shape index (κ1) is 45.3. The van der Waals surface area contributed by atoms with Gasteiger partial charge in [-0.25, -0.2) is 18.4 Å². The van der Waals surface area contributed by atoms with Crippen LogP contribution in [0.3, 0.4) is 0 Å². The third-order valence-electron chi connectivity index (χ3n) is 10.9. The molecule has 2 N–H and O–H groups in total. The SMILES string of the molecule is CN(CCC(CSc1ccccc1)Nc1ccc(S(=O)(=O)Nc2ncnc3cc(N4CCN(Cc5ccccc5-c5ccc(Cl)cc5)CC4)ccc23)cc1[N+](=O)[O-])CC(=O)N(C)C. The summed E-state index contributed by atoms with van der Waals surface area (Å²) >= 11 is 7.75. The topological polar surface area (TPSA) is 157 Å². The maximum atomic E-state index is 13.8. The van der Waals surface area contributed by atoms with Gasteiger partial charge < -0.3 is 15.1 Å². The fraction of sp³-hybridized carbons (Fsp3) is 0.283. The number of hydrogen-bond donors (Lipinski definition) is 2. The molecule has 17 heteroatoms. The fourth-order valence-electron chi connectivity index (χ4n) is 7.39. The van der Waals surface area contributed by atoms with Crippen LogP contribution >= 0.6 is 23.4 Å². The molecular weight excluding hydrogens is 858 g/mol. The van der Waals surface area contributed by atoms with Gasteiger partial charge in [0.2, 0.25) is 5.91 Å². The number of fused-ring (bicyclic) bond motifs is 1. The number of aromatic nitrogens is 2. The number of amides is 1. The molecule has 1 aliphatic rings. The first-order valence-electron chi connectivity index (χ1n) is 20.5. The van der Waals surface area contributed by atoms with E-state index in [9.17, 15) is 23.3 Å². The van der Waals surface area contributed by atoms with E-state index in [-0.39, 0.29) is 40.6 Å². The van der Waals surface area contributed by atoms with Crippen molar-refractivity contribution in [1.29, 1.82) is 0 Å². The second-order valence-corrected chi connectivity index (χ2v) is 18.9. The quantitative estimate of drug-likeness (QED) is 0.0488. The second kappa shape index (κ2) is 20.6. The van der Waals surface area contributed by atoms with Gasteiger partial charge in [0.05, 0.1) is 21.9 Å². The molecule has 1 aromatic heterocycles. The lowest BCUT2D eigenvalue weighted by Gasteiger charge is -2.36. The van der Waals surface area contributed by atoms with Crippen LogP contribution in [0.4, 0.5) is 22.9 Å². The van der Waals surface area contributed by atoms with Crippen molar-refractivity contribution >= 4 is 73.1 Å². The average Bonchev–Trinajstić information content (AvgIpc) is 3.28. The van der Waals surface area contributed by atoms with Crippen LogP contribution in [0.2, 0.25) is 5.02 Å². The Labute approximate surface area is 377 Å². The number of carbonyl (C=O) groups is 1. The van der Waals surface area contributed by atoms with Crippen LogP contribution in [0.15, 0.2) is 131 Å². The number of likely N-dealkylation sites (N-methyl/N-ethyl adjacent to an activating group) is 2. The van der Waals surface area contributed by atoms with Crippen molar-refractivity contribution in [1.82, 2.24) is 24.7 Å². The van der Waals surface area contributed by atoms with Gasteiger partial charge in [-0.3, -0.25) is 29.4 Å². The van der Waals surface area contributed by atoms with Crippen molar-refractivity contribution in [3.8, 4) is 11.1 Å². The van der Waals surface area contributed by atoms with Gasteiger partial charge >= 0.3 is 0 Å². The second-order valence-electron chi connectivity index (χ2n) is 15.7. The molecule has 1 unspecified atom stereocenters. The summed E-state index contributed by atoms with van der Waals surface area (Å²) in [5, 5.41) is 17.0. The predicted octanol–water partition coefficient (Wildman–Crippen LogP) is 7.96. The summed E-state index contributed by atoms with van der Waals surface area (Å²) in [5.41, 5.74) is 4.89. The number of anilines is 3. The van der Waals surface area contributed by atoms with Crippen molar-refractivity contribution in [3.05, 3.63) is 142 Å². The van der Waals surface area contributed by atoms with Crippen LogP contribution < -0.4 is 14.9 Å². The molecule has 0 spiro atoms. The highest BCUT2D eigenvalue weighted by molar-refractivity contribution is 7.99. The van der Waals surface area contributed by atoms with Gasteiger partial charge in [0.1, 0.15) is 12.0 Å². The van der Waals surface area contributed by atoms with Crippen LogP contribution in [0.1, 0.15) is 12.0 Å². The molecule has 2 heterocycles. The number of rotatable bonds is 18. The number of nitrogens with one attached hydrogen (secondary N) is 2. The number of nitro benzene ring substituents is 1. The highest BCUT2D eigenvalue weighted by atomic mass is 35.5. The molecule has 1 saturated heterocycles. The molecule has 7 rings (SSSR count). The van der Waals surface area contributed by atoms with Crippen LogP contribution in [-0.2, 0) is 21.4 Å². The van der Waals surface area contributed by atoms with Gasteiger partial charge in [-0.05, 0) is 84.8 Å². The van der Waals surface area contributed by atoms with Gasteiger partial charge in [-0.2, -0.15) is 0 Å². The van der Waals surface area contributed by atoms with Gasteiger partial charge in [0.25, 0.3) is 15.7 Å². The summed E-state index contributed by atoms with van der Waals surface area (Å²) in [5.74, 6) is 0.601. The van der Waals surface area contributed by atoms with Crippen LogP contribution in [0.25, 0.3) is 22.0 Å². The lowest BCUT2D eigenvalue weighted by Crippen LogP contribution is -2.46. The molecule has 63 heavy (non-hydrogen) atoms.